The van der Waals surface area contributed by atoms with Crippen molar-refractivity contribution in [1.29, 1.82) is 0 Å². The maximum atomic E-state index is 8.77. The van der Waals surface area contributed by atoms with Crippen LogP contribution in [0.15, 0.2) is 40.4 Å². The number of rotatable bonds is 10. The standard InChI is InChI=1S/C31H40N6O3/c1-20-17-21(2)26(22(3)18-20)29-33-34-30-27(28(31(4,5)6)35-37(29)30)32-24-7-8-25-23(19-24)9-10-36(25)11-13-39-15-16-40-14-12-38/h7-8,17-19,38H,9-16H2,1-6H3. The van der Waals surface area contributed by atoms with Crippen molar-refractivity contribution >= 4 is 22.8 Å². The first-order chi connectivity index (χ1) is 19.2. The van der Waals surface area contributed by atoms with Crippen molar-refractivity contribution < 1.29 is 14.6 Å². The molecule has 2 aromatic carbocycles. The van der Waals surface area contributed by atoms with Crippen molar-refractivity contribution in [3.05, 3.63) is 58.4 Å². The van der Waals surface area contributed by atoms with Gasteiger partial charge in [0.2, 0.25) is 5.82 Å². The number of ether oxygens (including phenoxy) is 2. The molecule has 1 aromatic heterocycles. The van der Waals surface area contributed by atoms with Gasteiger partial charge in [-0.1, -0.05) is 38.5 Å². The van der Waals surface area contributed by atoms with Gasteiger partial charge in [-0.3, -0.25) is 0 Å². The van der Waals surface area contributed by atoms with Crippen molar-refractivity contribution in [2.45, 2.75) is 48.0 Å². The molecule has 212 valence electrons. The summed E-state index contributed by atoms with van der Waals surface area (Å²) in [7, 11) is 0. The fraction of sp³-hybridized carbons (Fsp3) is 0.484. The fourth-order valence-corrected chi connectivity index (χ4v) is 5.52. The smallest absolute Gasteiger partial charge is 0.205 e. The second-order valence-corrected chi connectivity index (χ2v) is 11.6. The molecule has 0 bridgehead atoms. The molecule has 0 saturated carbocycles. The Morgan fingerprint density at radius 2 is 1.62 bits per heavy atom. The Labute approximate surface area is 236 Å². The van der Waals surface area contributed by atoms with Crippen molar-refractivity contribution in [3.8, 4) is 11.4 Å². The van der Waals surface area contributed by atoms with Crippen molar-refractivity contribution in [3.63, 3.8) is 0 Å². The van der Waals surface area contributed by atoms with Gasteiger partial charge in [-0.2, -0.15) is 9.78 Å². The highest BCUT2D eigenvalue weighted by molar-refractivity contribution is 6.50. The minimum absolute atomic E-state index is 0.0381. The number of hydrogen-bond acceptors (Lipinski definition) is 8. The summed E-state index contributed by atoms with van der Waals surface area (Å²) < 4.78 is 12.8. The third-order valence-corrected chi connectivity index (χ3v) is 7.30. The zero-order valence-electron chi connectivity index (χ0n) is 24.5. The van der Waals surface area contributed by atoms with Crippen LogP contribution in [0, 0.1) is 26.2 Å². The number of aryl methyl sites for hydroxylation is 3. The van der Waals surface area contributed by atoms with E-state index in [2.05, 4.69) is 87.0 Å². The number of nitrogens with zero attached hydrogens (tertiary/aromatic N) is 6. The predicted molar refractivity (Wildman–Crippen MR) is 159 cm³/mol. The summed E-state index contributed by atoms with van der Waals surface area (Å²) in [5.74, 6) is 1.44. The molecule has 3 heterocycles. The largest absolute Gasteiger partial charge is 0.394 e. The van der Waals surface area contributed by atoms with Gasteiger partial charge in [-0.15, -0.1) is 10.2 Å². The van der Waals surface area contributed by atoms with Crippen LogP contribution in [0.4, 0.5) is 11.4 Å². The molecule has 2 aliphatic heterocycles. The van der Waals surface area contributed by atoms with Crippen LogP contribution in [0.25, 0.3) is 11.4 Å². The van der Waals surface area contributed by atoms with Crippen LogP contribution in [0.2, 0.25) is 0 Å². The van der Waals surface area contributed by atoms with Gasteiger partial charge in [-0.05, 0) is 62.1 Å². The lowest BCUT2D eigenvalue weighted by atomic mass is 9.87. The van der Waals surface area contributed by atoms with Gasteiger partial charge in [0.05, 0.1) is 44.4 Å². The Morgan fingerprint density at radius 3 is 2.33 bits per heavy atom. The lowest BCUT2D eigenvalue weighted by Crippen LogP contribution is -2.27. The van der Waals surface area contributed by atoms with Crippen molar-refractivity contribution in [2.75, 3.05) is 51.0 Å². The minimum Gasteiger partial charge on any atom is -0.394 e. The summed E-state index contributed by atoms with van der Waals surface area (Å²) in [6, 6.07) is 10.8. The Bertz CT molecular complexity index is 1430. The topological polar surface area (TPSA) is 97.4 Å². The number of aliphatic hydroxyl groups excluding tert-OH is 1. The van der Waals surface area contributed by atoms with Gasteiger partial charge in [0.25, 0.3) is 0 Å². The van der Waals surface area contributed by atoms with Gasteiger partial charge >= 0.3 is 0 Å². The first-order valence-electron chi connectivity index (χ1n) is 14.0. The van der Waals surface area contributed by atoms with E-state index in [1.165, 1.54) is 16.8 Å². The molecule has 0 atom stereocenters. The Hall–Kier alpha value is -3.40. The predicted octanol–water partition coefficient (Wildman–Crippen LogP) is 4.64. The normalized spacial score (nSPS) is 15.6. The Kier molecular flexibility index (Phi) is 8.16. The molecule has 40 heavy (non-hydrogen) atoms. The second kappa shape index (κ2) is 11.6. The summed E-state index contributed by atoms with van der Waals surface area (Å²) in [6.07, 6.45) is 0.972. The molecule has 0 unspecified atom stereocenters. The highest BCUT2D eigenvalue weighted by Crippen LogP contribution is 2.35. The first-order valence-corrected chi connectivity index (χ1v) is 14.0. The molecule has 0 amide bonds. The average Bonchev–Trinajstić information content (AvgIpc) is 3.58. The summed E-state index contributed by atoms with van der Waals surface area (Å²) in [5.41, 5.74) is 9.50. The zero-order chi connectivity index (χ0) is 28.4. The molecule has 1 N–H and O–H groups in total. The molecule has 0 spiro atoms. The molecule has 0 radical (unpaired) electrons. The lowest BCUT2D eigenvalue weighted by Gasteiger charge is -2.19. The SMILES string of the molecule is Cc1cc(C)c(-c2nnc3n2N=C(C(C)(C)C)C3=Nc2ccc3c(c2)CCN3CCOCCOCCO)c(C)c1. The third-order valence-electron chi connectivity index (χ3n) is 7.30. The summed E-state index contributed by atoms with van der Waals surface area (Å²) in [4.78, 5) is 7.47. The van der Waals surface area contributed by atoms with Gasteiger partial charge in [0, 0.05) is 29.8 Å². The molecule has 0 saturated heterocycles. The molecular formula is C31H40N6O3. The number of benzene rings is 2. The van der Waals surface area contributed by atoms with Crippen LogP contribution in [0.1, 0.15) is 48.8 Å². The molecule has 3 aromatic rings. The maximum Gasteiger partial charge on any atom is 0.205 e. The number of aliphatic hydroxyl groups is 1. The van der Waals surface area contributed by atoms with E-state index >= 15 is 0 Å². The van der Waals surface area contributed by atoms with Gasteiger partial charge < -0.3 is 19.5 Å². The van der Waals surface area contributed by atoms with E-state index in [-0.39, 0.29) is 12.0 Å². The number of aliphatic imine (C=N–C) groups is 1. The molecule has 9 heteroatoms. The van der Waals surface area contributed by atoms with E-state index in [4.69, 9.17) is 24.7 Å². The number of anilines is 1. The van der Waals surface area contributed by atoms with Crippen LogP contribution in [-0.4, -0.2) is 77.5 Å². The Balaban J connectivity index is 1.38. The molecule has 0 aliphatic carbocycles. The van der Waals surface area contributed by atoms with Gasteiger partial charge in [0.15, 0.2) is 5.82 Å². The number of hydrogen-bond donors (Lipinski definition) is 1. The fourth-order valence-electron chi connectivity index (χ4n) is 5.52. The summed E-state index contributed by atoms with van der Waals surface area (Å²) in [6.45, 7) is 16.7. The van der Waals surface area contributed by atoms with Gasteiger partial charge in [-0.25, -0.2) is 4.99 Å². The lowest BCUT2D eigenvalue weighted by molar-refractivity contribution is 0.0352. The molecule has 5 rings (SSSR count). The summed E-state index contributed by atoms with van der Waals surface area (Å²) in [5, 5.41) is 23.0. The van der Waals surface area contributed by atoms with E-state index in [1.807, 2.05) is 4.68 Å². The van der Waals surface area contributed by atoms with E-state index in [0.29, 0.717) is 32.3 Å². The molecule has 9 nitrogen and oxygen atoms in total. The second-order valence-electron chi connectivity index (χ2n) is 11.6. The average molecular weight is 545 g/mol. The van der Waals surface area contributed by atoms with E-state index < -0.39 is 0 Å². The Morgan fingerprint density at radius 1 is 0.925 bits per heavy atom. The van der Waals surface area contributed by atoms with E-state index in [0.717, 1.165) is 59.1 Å². The van der Waals surface area contributed by atoms with E-state index in [1.54, 1.807) is 0 Å². The van der Waals surface area contributed by atoms with Crippen LogP contribution in [0.3, 0.4) is 0 Å². The quantitative estimate of drug-likeness (QED) is 0.374. The molecule has 2 aliphatic rings. The molecular weight excluding hydrogens is 504 g/mol. The maximum absolute atomic E-state index is 8.77. The third kappa shape index (κ3) is 5.73. The van der Waals surface area contributed by atoms with Crippen LogP contribution < -0.4 is 4.90 Å². The van der Waals surface area contributed by atoms with Gasteiger partial charge in [0.1, 0.15) is 5.71 Å². The van der Waals surface area contributed by atoms with Crippen LogP contribution >= 0.6 is 0 Å². The number of fused-ring (bicyclic) bond motifs is 2. The highest BCUT2D eigenvalue weighted by Gasteiger charge is 2.36. The monoisotopic (exact) mass is 544 g/mol. The molecule has 0 fully saturated rings. The zero-order valence-corrected chi connectivity index (χ0v) is 24.5. The first kappa shape index (κ1) is 28.1. The van der Waals surface area contributed by atoms with E-state index in [9.17, 15) is 0 Å². The summed E-state index contributed by atoms with van der Waals surface area (Å²) >= 11 is 0. The minimum atomic E-state index is -0.217. The van der Waals surface area contributed by atoms with Crippen molar-refractivity contribution in [2.24, 2.45) is 15.5 Å². The van der Waals surface area contributed by atoms with Crippen molar-refractivity contribution in [1.82, 2.24) is 14.9 Å². The highest BCUT2D eigenvalue weighted by atomic mass is 16.5. The van der Waals surface area contributed by atoms with Crippen LogP contribution in [-0.2, 0) is 15.9 Å². The van der Waals surface area contributed by atoms with Crippen LogP contribution in [0.5, 0.6) is 0 Å². The number of aromatic nitrogens is 3.